The third-order valence-corrected chi connectivity index (χ3v) is 5.23. The van der Waals surface area contributed by atoms with Crippen LogP contribution in [0.4, 0.5) is 14.5 Å². The van der Waals surface area contributed by atoms with Gasteiger partial charge in [-0.05, 0) is 26.0 Å². The highest BCUT2D eigenvalue weighted by Crippen LogP contribution is 2.39. The van der Waals surface area contributed by atoms with Gasteiger partial charge in [-0.2, -0.15) is 5.10 Å². The van der Waals surface area contributed by atoms with Crippen LogP contribution in [-0.4, -0.2) is 38.9 Å². The highest BCUT2D eigenvalue weighted by molar-refractivity contribution is 5.97. The summed E-state index contributed by atoms with van der Waals surface area (Å²) in [6, 6.07) is 6.09. The van der Waals surface area contributed by atoms with E-state index in [1.807, 2.05) is 24.6 Å². The van der Waals surface area contributed by atoms with Gasteiger partial charge in [-0.1, -0.05) is 0 Å². The van der Waals surface area contributed by atoms with Gasteiger partial charge in [0, 0.05) is 61.0 Å². The van der Waals surface area contributed by atoms with Crippen molar-refractivity contribution in [2.45, 2.75) is 26.3 Å². The van der Waals surface area contributed by atoms with Gasteiger partial charge in [0.05, 0.1) is 17.7 Å². The minimum absolute atomic E-state index is 0.119. The monoisotopic (exact) mass is 452 g/mol. The number of nitrogens with zero attached hydrogens (tertiary/aromatic N) is 4. The number of hydrogen-bond acceptors (Lipinski definition) is 6. The molecule has 0 saturated carbocycles. The third-order valence-electron chi connectivity index (χ3n) is 5.23. The van der Waals surface area contributed by atoms with E-state index < -0.39 is 17.4 Å². The Morgan fingerprint density at radius 3 is 2.73 bits per heavy atom. The molecule has 0 spiro atoms. The third kappa shape index (κ3) is 3.99. The van der Waals surface area contributed by atoms with E-state index in [0.29, 0.717) is 24.2 Å². The summed E-state index contributed by atoms with van der Waals surface area (Å²) in [7, 11) is 0. The summed E-state index contributed by atoms with van der Waals surface area (Å²) in [5.41, 5.74) is 2.32. The Balaban J connectivity index is 1.51. The molecule has 1 aliphatic rings. The van der Waals surface area contributed by atoms with Gasteiger partial charge < -0.3 is 19.8 Å². The van der Waals surface area contributed by atoms with Crippen LogP contribution < -0.4 is 10.1 Å². The van der Waals surface area contributed by atoms with Gasteiger partial charge in [-0.15, -0.1) is 0 Å². The standard InChI is InChI=1S/C23H22F2N6O2/c1-13(2)31-18(4-8-29-31)15-12-28-22-20(15)19(5-7-26-22)33-21-16(24)10-14(11-17(21)25)30-23-27-6-3-9-32-23/h4-5,7-8,10-13H,3,6,9H2,1-2H3,(H,26,28)(H,27,30). The van der Waals surface area contributed by atoms with Crippen LogP contribution in [-0.2, 0) is 4.74 Å². The second-order valence-corrected chi connectivity index (χ2v) is 7.87. The first-order valence-corrected chi connectivity index (χ1v) is 10.6. The summed E-state index contributed by atoms with van der Waals surface area (Å²) < 4.78 is 42.8. The van der Waals surface area contributed by atoms with Gasteiger partial charge in [-0.3, -0.25) is 4.68 Å². The highest BCUT2D eigenvalue weighted by atomic mass is 19.1. The first kappa shape index (κ1) is 20.9. The summed E-state index contributed by atoms with van der Waals surface area (Å²) in [6.45, 7) is 5.14. The van der Waals surface area contributed by atoms with Crippen molar-refractivity contribution in [1.29, 1.82) is 0 Å². The molecule has 0 bridgehead atoms. The Labute approximate surface area is 188 Å². The maximum Gasteiger partial charge on any atom is 0.289 e. The Morgan fingerprint density at radius 1 is 1.18 bits per heavy atom. The number of pyridine rings is 1. The quantitative estimate of drug-likeness (QED) is 0.431. The van der Waals surface area contributed by atoms with Crippen molar-refractivity contribution in [3.05, 3.63) is 54.5 Å². The summed E-state index contributed by atoms with van der Waals surface area (Å²) in [5.74, 6) is -1.96. The van der Waals surface area contributed by atoms with E-state index in [2.05, 4.69) is 25.4 Å². The molecule has 0 amide bonds. The molecule has 8 nitrogen and oxygen atoms in total. The Bertz CT molecular complexity index is 1320. The number of aliphatic imine (C=N–C) groups is 1. The van der Waals surface area contributed by atoms with E-state index in [1.54, 1.807) is 18.5 Å². The molecule has 170 valence electrons. The number of benzene rings is 1. The molecule has 5 rings (SSSR count). The second-order valence-electron chi connectivity index (χ2n) is 7.87. The SMILES string of the molecule is CC(C)n1nccc1-c1c[nH]c2nccc(Oc3c(F)cc(NC4=NCCCO4)cc3F)c12. The normalized spacial score (nSPS) is 13.8. The zero-order chi connectivity index (χ0) is 22.9. The molecular formula is C23H22F2N6O2. The minimum atomic E-state index is -0.858. The molecule has 0 aliphatic carbocycles. The fourth-order valence-corrected chi connectivity index (χ4v) is 3.75. The van der Waals surface area contributed by atoms with Gasteiger partial charge in [0.15, 0.2) is 17.4 Å². The van der Waals surface area contributed by atoms with Crippen LogP contribution in [0.15, 0.2) is 47.8 Å². The van der Waals surface area contributed by atoms with Crippen molar-refractivity contribution >= 4 is 22.7 Å². The molecule has 2 N–H and O–H groups in total. The average molecular weight is 452 g/mol. The number of rotatable bonds is 5. The van der Waals surface area contributed by atoms with Gasteiger partial charge in [0.1, 0.15) is 11.4 Å². The summed E-state index contributed by atoms with van der Waals surface area (Å²) in [5, 5.41) is 7.77. The molecule has 4 aromatic rings. The molecule has 33 heavy (non-hydrogen) atoms. The maximum atomic E-state index is 14.9. The van der Waals surface area contributed by atoms with Crippen molar-refractivity contribution in [2.75, 3.05) is 18.5 Å². The van der Waals surface area contributed by atoms with Crippen molar-refractivity contribution in [2.24, 2.45) is 4.99 Å². The van der Waals surface area contributed by atoms with Crippen molar-refractivity contribution in [3.8, 4) is 22.8 Å². The predicted octanol–water partition coefficient (Wildman–Crippen LogP) is 5.27. The van der Waals surface area contributed by atoms with Crippen molar-refractivity contribution in [1.82, 2.24) is 19.7 Å². The number of nitrogens with one attached hydrogen (secondary N) is 2. The van der Waals surface area contributed by atoms with Crippen LogP contribution in [0.5, 0.6) is 11.5 Å². The van der Waals surface area contributed by atoms with Gasteiger partial charge in [-0.25, -0.2) is 18.8 Å². The zero-order valence-electron chi connectivity index (χ0n) is 18.1. The molecule has 10 heteroatoms. The van der Waals surface area contributed by atoms with Crippen LogP contribution >= 0.6 is 0 Å². The summed E-state index contributed by atoms with van der Waals surface area (Å²) in [6.07, 6.45) is 5.81. The van der Waals surface area contributed by atoms with Crippen LogP contribution in [0, 0.1) is 11.6 Å². The minimum Gasteiger partial charge on any atom is -0.465 e. The van der Waals surface area contributed by atoms with Crippen molar-refractivity contribution in [3.63, 3.8) is 0 Å². The number of aromatic nitrogens is 4. The largest absolute Gasteiger partial charge is 0.465 e. The van der Waals surface area contributed by atoms with E-state index >= 15 is 0 Å². The lowest BCUT2D eigenvalue weighted by molar-refractivity contribution is 0.282. The van der Waals surface area contributed by atoms with Gasteiger partial charge in [0.2, 0.25) is 0 Å². The highest BCUT2D eigenvalue weighted by Gasteiger charge is 2.20. The van der Waals surface area contributed by atoms with Crippen LogP contribution in [0.25, 0.3) is 22.3 Å². The molecule has 0 radical (unpaired) electrons. The first-order chi connectivity index (χ1) is 16.0. The fourth-order valence-electron chi connectivity index (χ4n) is 3.75. The lowest BCUT2D eigenvalue weighted by Crippen LogP contribution is -2.21. The Kier molecular flexibility index (Phi) is 5.41. The van der Waals surface area contributed by atoms with E-state index in [4.69, 9.17) is 9.47 Å². The molecule has 0 unspecified atom stereocenters. The van der Waals surface area contributed by atoms with Crippen LogP contribution in [0.1, 0.15) is 26.3 Å². The molecule has 3 aromatic heterocycles. The number of amidine groups is 1. The molecule has 1 aliphatic heterocycles. The van der Waals surface area contributed by atoms with Gasteiger partial charge >= 0.3 is 0 Å². The molecule has 1 aromatic carbocycles. The fraction of sp³-hybridized carbons (Fsp3) is 0.261. The number of H-pyrrole nitrogens is 1. The number of fused-ring (bicyclic) bond motifs is 1. The number of hydrogen-bond donors (Lipinski definition) is 2. The van der Waals surface area contributed by atoms with E-state index in [9.17, 15) is 8.78 Å². The molecular weight excluding hydrogens is 430 g/mol. The van der Waals surface area contributed by atoms with Crippen LogP contribution in [0.2, 0.25) is 0 Å². The van der Waals surface area contributed by atoms with Crippen LogP contribution in [0.3, 0.4) is 0 Å². The molecule has 0 fully saturated rings. The van der Waals surface area contributed by atoms with E-state index in [0.717, 1.165) is 29.8 Å². The number of anilines is 1. The zero-order valence-corrected chi connectivity index (χ0v) is 18.1. The maximum absolute atomic E-state index is 14.9. The van der Waals surface area contributed by atoms with Crippen molar-refractivity contribution < 1.29 is 18.3 Å². The Hall–Kier alpha value is -3.95. The van der Waals surface area contributed by atoms with E-state index in [1.165, 1.54) is 6.20 Å². The lowest BCUT2D eigenvalue weighted by atomic mass is 10.1. The second kappa shape index (κ2) is 8.53. The number of aromatic amines is 1. The summed E-state index contributed by atoms with van der Waals surface area (Å²) >= 11 is 0. The number of halogens is 2. The number of ether oxygens (including phenoxy) is 2. The Morgan fingerprint density at radius 2 is 2.00 bits per heavy atom. The molecule has 0 saturated heterocycles. The average Bonchev–Trinajstić information content (AvgIpc) is 3.44. The summed E-state index contributed by atoms with van der Waals surface area (Å²) in [4.78, 5) is 11.6. The lowest BCUT2D eigenvalue weighted by Gasteiger charge is -2.16. The first-order valence-electron chi connectivity index (χ1n) is 10.6. The smallest absolute Gasteiger partial charge is 0.289 e. The molecule has 4 heterocycles. The predicted molar refractivity (Wildman–Crippen MR) is 121 cm³/mol. The van der Waals surface area contributed by atoms with Gasteiger partial charge in [0.25, 0.3) is 6.02 Å². The molecule has 0 atom stereocenters. The van der Waals surface area contributed by atoms with E-state index in [-0.39, 0.29) is 23.5 Å². The topological polar surface area (TPSA) is 89.4 Å².